The van der Waals surface area contributed by atoms with Crippen molar-refractivity contribution in [2.75, 3.05) is 19.6 Å². The van der Waals surface area contributed by atoms with Gasteiger partial charge in [-0.25, -0.2) is 12.7 Å². The molecule has 0 amide bonds. The predicted molar refractivity (Wildman–Crippen MR) is 64.2 cm³/mol. The molecule has 1 unspecified atom stereocenters. The van der Waals surface area contributed by atoms with Crippen molar-refractivity contribution in [2.45, 2.75) is 45.3 Å². The van der Waals surface area contributed by atoms with Crippen molar-refractivity contribution in [3.8, 4) is 0 Å². The molecule has 0 heterocycles. The Morgan fingerprint density at radius 2 is 1.87 bits per heavy atom. The molecule has 0 aromatic rings. The summed E-state index contributed by atoms with van der Waals surface area (Å²) in [5.74, 6) is 0. The largest absolute Gasteiger partial charge is 0.329 e. The first-order valence-electron chi connectivity index (χ1n) is 5.73. The second-order valence-corrected chi connectivity index (χ2v) is 5.87. The first kappa shape index (κ1) is 14.9. The van der Waals surface area contributed by atoms with E-state index in [4.69, 9.17) is 5.73 Å². The zero-order valence-corrected chi connectivity index (χ0v) is 10.9. The van der Waals surface area contributed by atoms with Gasteiger partial charge >= 0.3 is 0 Å². The summed E-state index contributed by atoms with van der Waals surface area (Å²) in [5, 5.41) is -0.422. The lowest BCUT2D eigenvalue weighted by atomic mass is 10.3. The SMILES string of the molecule is CCCCN(CC)S(=O)(=O)C(CC)CN. The molecule has 15 heavy (non-hydrogen) atoms. The Bertz CT molecular complexity index is 248. The van der Waals surface area contributed by atoms with Gasteiger partial charge in [0.25, 0.3) is 0 Å². The van der Waals surface area contributed by atoms with Crippen molar-refractivity contribution in [1.82, 2.24) is 4.31 Å². The Balaban J connectivity index is 4.64. The molecule has 2 N–H and O–H groups in total. The van der Waals surface area contributed by atoms with E-state index in [0.29, 0.717) is 19.5 Å². The standard InChI is InChI=1S/C10H24N2O2S/c1-4-7-8-12(6-3)15(13,14)10(5-2)9-11/h10H,4-9,11H2,1-3H3. The Kier molecular flexibility index (Phi) is 7.13. The number of sulfonamides is 1. The van der Waals surface area contributed by atoms with E-state index >= 15 is 0 Å². The number of unbranched alkanes of at least 4 members (excludes halogenated alkanes) is 1. The van der Waals surface area contributed by atoms with E-state index in [2.05, 4.69) is 6.92 Å². The summed E-state index contributed by atoms with van der Waals surface area (Å²) in [4.78, 5) is 0. The van der Waals surface area contributed by atoms with Gasteiger partial charge in [0.05, 0.1) is 5.25 Å². The Morgan fingerprint density at radius 1 is 1.27 bits per heavy atom. The van der Waals surface area contributed by atoms with Crippen LogP contribution in [-0.2, 0) is 10.0 Å². The highest BCUT2D eigenvalue weighted by Gasteiger charge is 2.28. The summed E-state index contributed by atoms with van der Waals surface area (Å²) in [7, 11) is -3.18. The van der Waals surface area contributed by atoms with Crippen LogP contribution in [0, 0.1) is 0 Å². The maximum Gasteiger partial charge on any atom is 0.218 e. The van der Waals surface area contributed by atoms with Gasteiger partial charge in [-0.2, -0.15) is 0 Å². The van der Waals surface area contributed by atoms with Gasteiger partial charge in [0, 0.05) is 19.6 Å². The molecular weight excluding hydrogens is 212 g/mol. The maximum absolute atomic E-state index is 12.1. The molecular formula is C10H24N2O2S. The zero-order chi connectivity index (χ0) is 11.9. The second kappa shape index (κ2) is 7.19. The molecule has 0 rings (SSSR count). The van der Waals surface area contributed by atoms with Crippen LogP contribution >= 0.6 is 0 Å². The first-order chi connectivity index (χ1) is 7.04. The molecule has 0 aliphatic rings. The quantitative estimate of drug-likeness (QED) is 0.688. The highest BCUT2D eigenvalue weighted by atomic mass is 32.2. The maximum atomic E-state index is 12.1. The highest BCUT2D eigenvalue weighted by Crippen LogP contribution is 2.12. The van der Waals surface area contributed by atoms with Crippen LogP contribution in [0.3, 0.4) is 0 Å². The summed E-state index contributed by atoms with van der Waals surface area (Å²) >= 11 is 0. The van der Waals surface area contributed by atoms with Gasteiger partial charge in [0.1, 0.15) is 0 Å². The molecule has 5 heteroatoms. The van der Waals surface area contributed by atoms with Crippen LogP contribution in [0.5, 0.6) is 0 Å². The molecule has 0 saturated carbocycles. The zero-order valence-electron chi connectivity index (χ0n) is 10.1. The summed E-state index contributed by atoms with van der Waals surface area (Å²) in [6, 6.07) is 0. The van der Waals surface area contributed by atoms with E-state index in [1.165, 1.54) is 0 Å². The van der Waals surface area contributed by atoms with E-state index in [0.717, 1.165) is 12.8 Å². The van der Waals surface area contributed by atoms with Crippen LogP contribution in [0.1, 0.15) is 40.0 Å². The smallest absolute Gasteiger partial charge is 0.218 e. The average molecular weight is 236 g/mol. The lowest BCUT2D eigenvalue weighted by Gasteiger charge is -2.25. The van der Waals surface area contributed by atoms with Crippen LogP contribution in [-0.4, -0.2) is 37.6 Å². The molecule has 0 spiro atoms. The third kappa shape index (κ3) is 4.09. The van der Waals surface area contributed by atoms with Gasteiger partial charge in [-0.1, -0.05) is 27.2 Å². The number of rotatable bonds is 8. The van der Waals surface area contributed by atoms with Gasteiger partial charge in [-0.15, -0.1) is 0 Å². The molecule has 0 aliphatic carbocycles. The van der Waals surface area contributed by atoms with E-state index < -0.39 is 15.3 Å². The average Bonchev–Trinajstić information content (AvgIpc) is 2.20. The van der Waals surface area contributed by atoms with Gasteiger partial charge in [0.2, 0.25) is 10.0 Å². The third-order valence-electron chi connectivity index (χ3n) is 2.61. The van der Waals surface area contributed by atoms with Gasteiger partial charge in [-0.05, 0) is 12.8 Å². The van der Waals surface area contributed by atoms with Crippen LogP contribution in [0.4, 0.5) is 0 Å². The molecule has 0 radical (unpaired) electrons. The van der Waals surface area contributed by atoms with Crippen molar-refractivity contribution < 1.29 is 8.42 Å². The molecule has 0 aliphatic heterocycles. The Morgan fingerprint density at radius 3 is 2.20 bits per heavy atom. The lowest BCUT2D eigenvalue weighted by molar-refractivity contribution is 0.409. The van der Waals surface area contributed by atoms with Crippen LogP contribution in [0.2, 0.25) is 0 Å². The molecule has 92 valence electrons. The van der Waals surface area contributed by atoms with Crippen LogP contribution < -0.4 is 5.73 Å². The number of nitrogens with two attached hydrogens (primary N) is 1. The van der Waals surface area contributed by atoms with E-state index in [9.17, 15) is 8.42 Å². The summed E-state index contributed by atoms with van der Waals surface area (Å²) in [6.07, 6.45) is 2.50. The fraction of sp³-hybridized carbons (Fsp3) is 1.00. The van der Waals surface area contributed by atoms with Gasteiger partial charge in [-0.3, -0.25) is 0 Å². The molecule has 4 nitrogen and oxygen atoms in total. The third-order valence-corrected chi connectivity index (χ3v) is 5.14. The van der Waals surface area contributed by atoms with E-state index in [-0.39, 0.29) is 6.54 Å². The van der Waals surface area contributed by atoms with Gasteiger partial charge < -0.3 is 5.73 Å². The predicted octanol–water partition coefficient (Wildman–Crippen LogP) is 1.18. The minimum Gasteiger partial charge on any atom is -0.329 e. The number of hydrogen-bond donors (Lipinski definition) is 1. The lowest BCUT2D eigenvalue weighted by Crippen LogP contribution is -2.42. The van der Waals surface area contributed by atoms with E-state index in [1.807, 2.05) is 13.8 Å². The fourth-order valence-corrected chi connectivity index (χ4v) is 3.34. The van der Waals surface area contributed by atoms with E-state index in [1.54, 1.807) is 4.31 Å². The minimum absolute atomic E-state index is 0.210. The van der Waals surface area contributed by atoms with Crippen molar-refractivity contribution in [3.05, 3.63) is 0 Å². The highest BCUT2D eigenvalue weighted by molar-refractivity contribution is 7.89. The monoisotopic (exact) mass is 236 g/mol. The van der Waals surface area contributed by atoms with Crippen LogP contribution in [0.15, 0.2) is 0 Å². The summed E-state index contributed by atoms with van der Waals surface area (Å²) < 4.78 is 25.7. The molecule has 0 fully saturated rings. The van der Waals surface area contributed by atoms with Gasteiger partial charge in [0.15, 0.2) is 0 Å². The summed E-state index contributed by atoms with van der Waals surface area (Å²) in [5.41, 5.74) is 5.48. The number of hydrogen-bond acceptors (Lipinski definition) is 3. The van der Waals surface area contributed by atoms with Crippen LogP contribution in [0.25, 0.3) is 0 Å². The molecule has 0 aromatic heterocycles. The van der Waals surface area contributed by atoms with Crippen molar-refractivity contribution >= 4 is 10.0 Å². The Labute approximate surface area is 93.9 Å². The molecule has 0 saturated heterocycles. The normalized spacial score (nSPS) is 14.5. The first-order valence-corrected chi connectivity index (χ1v) is 7.23. The second-order valence-electron chi connectivity index (χ2n) is 3.66. The van der Waals surface area contributed by atoms with Crippen molar-refractivity contribution in [3.63, 3.8) is 0 Å². The molecule has 0 bridgehead atoms. The molecule has 1 atom stereocenters. The summed E-state index contributed by atoms with van der Waals surface area (Å²) in [6.45, 7) is 7.16. The van der Waals surface area contributed by atoms with Crippen molar-refractivity contribution in [2.24, 2.45) is 5.73 Å². The molecule has 0 aromatic carbocycles. The van der Waals surface area contributed by atoms with Crippen molar-refractivity contribution in [1.29, 1.82) is 0 Å². The topological polar surface area (TPSA) is 63.4 Å². The Hall–Kier alpha value is -0.130. The fourth-order valence-electron chi connectivity index (χ4n) is 1.51. The number of nitrogens with zero attached hydrogens (tertiary/aromatic N) is 1. The minimum atomic E-state index is -3.18.